The number of carbonyl (C=O) groups is 2. The van der Waals surface area contributed by atoms with Crippen LogP contribution in [0.1, 0.15) is 39.2 Å². The number of ether oxygens (including phenoxy) is 3. The van der Waals surface area contributed by atoms with Crippen molar-refractivity contribution in [1.82, 2.24) is 5.32 Å². The fourth-order valence-corrected chi connectivity index (χ4v) is 2.61. The quantitative estimate of drug-likeness (QED) is 0.597. The van der Waals surface area contributed by atoms with E-state index in [1.54, 1.807) is 6.92 Å². The summed E-state index contributed by atoms with van der Waals surface area (Å²) in [4.78, 5) is 22.7. The van der Waals surface area contributed by atoms with E-state index in [-0.39, 0.29) is 43.5 Å². The first-order chi connectivity index (χ1) is 12.4. The molecule has 0 atom stereocenters. The molecule has 6 heteroatoms. The Morgan fingerprint density at radius 3 is 2.85 bits per heavy atom. The number of fused-ring (bicyclic) bond motifs is 1. The largest absolute Gasteiger partial charge is 0.483 e. The molecule has 1 amide bonds. The summed E-state index contributed by atoms with van der Waals surface area (Å²) in [6.07, 6.45) is 1.02. The number of benzene rings is 1. The molecular formula is C20H25NO5. The first-order valence-corrected chi connectivity index (χ1v) is 8.73. The molecule has 26 heavy (non-hydrogen) atoms. The van der Waals surface area contributed by atoms with Crippen LogP contribution in [0, 0.1) is 11.8 Å². The topological polar surface area (TPSA) is 73.9 Å². The summed E-state index contributed by atoms with van der Waals surface area (Å²) in [6.45, 7) is 6.55. The zero-order chi connectivity index (χ0) is 19.0. The van der Waals surface area contributed by atoms with Crippen LogP contribution in [0.15, 0.2) is 18.2 Å². The number of para-hydroxylation sites is 1. The van der Waals surface area contributed by atoms with Crippen molar-refractivity contribution in [3.05, 3.63) is 23.8 Å². The lowest BCUT2D eigenvalue weighted by molar-refractivity contribution is -0.144. The molecule has 1 aliphatic heterocycles. The second-order valence-corrected chi connectivity index (χ2v) is 6.51. The van der Waals surface area contributed by atoms with Gasteiger partial charge in [-0.25, -0.2) is 0 Å². The molecule has 1 heterocycles. The van der Waals surface area contributed by atoms with Crippen LogP contribution in [0.4, 0.5) is 0 Å². The Balaban J connectivity index is 1.70. The second-order valence-electron chi connectivity index (χ2n) is 6.51. The van der Waals surface area contributed by atoms with Gasteiger partial charge in [0.05, 0.1) is 19.6 Å². The number of nitrogens with one attached hydrogen (secondary N) is 1. The van der Waals surface area contributed by atoms with E-state index in [2.05, 4.69) is 17.2 Å². The highest BCUT2D eigenvalue weighted by Crippen LogP contribution is 2.41. The summed E-state index contributed by atoms with van der Waals surface area (Å²) in [5, 5.41) is 2.63. The predicted molar refractivity (Wildman–Crippen MR) is 97.0 cm³/mol. The molecule has 1 aromatic carbocycles. The molecule has 1 N–H and O–H groups in total. The van der Waals surface area contributed by atoms with Crippen molar-refractivity contribution in [2.75, 3.05) is 19.8 Å². The Hall–Kier alpha value is -2.68. The van der Waals surface area contributed by atoms with Crippen molar-refractivity contribution in [2.45, 2.75) is 45.6 Å². The van der Waals surface area contributed by atoms with Gasteiger partial charge < -0.3 is 19.5 Å². The van der Waals surface area contributed by atoms with Gasteiger partial charge in [0.15, 0.2) is 11.5 Å². The Kier molecular flexibility index (Phi) is 6.90. The minimum absolute atomic E-state index is 0.0751. The number of rotatable bonds is 7. The maximum Gasteiger partial charge on any atom is 0.306 e. The third-order valence-corrected chi connectivity index (χ3v) is 3.72. The van der Waals surface area contributed by atoms with Gasteiger partial charge in [0.1, 0.15) is 12.2 Å². The van der Waals surface area contributed by atoms with E-state index >= 15 is 0 Å². The van der Waals surface area contributed by atoms with Crippen LogP contribution in [0.3, 0.4) is 0 Å². The molecule has 1 aliphatic rings. The first kappa shape index (κ1) is 19.6. The molecule has 0 aliphatic carbocycles. The van der Waals surface area contributed by atoms with Gasteiger partial charge in [0.2, 0.25) is 5.91 Å². The fourth-order valence-electron chi connectivity index (χ4n) is 2.61. The number of esters is 1. The third-order valence-electron chi connectivity index (χ3n) is 3.72. The zero-order valence-corrected chi connectivity index (χ0v) is 15.5. The molecule has 6 nitrogen and oxygen atoms in total. The minimum Gasteiger partial charge on any atom is -0.483 e. The second kappa shape index (κ2) is 9.14. The van der Waals surface area contributed by atoms with Gasteiger partial charge in [0.25, 0.3) is 0 Å². The summed E-state index contributed by atoms with van der Waals surface area (Å²) in [6, 6.07) is 5.84. The van der Waals surface area contributed by atoms with Gasteiger partial charge >= 0.3 is 5.97 Å². The van der Waals surface area contributed by atoms with Gasteiger partial charge in [-0.2, -0.15) is 0 Å². The van der Waals surface area contributed by atoms with Crippen molar-refractivity contribution in [3.8, 4) is 23.3 Å². The SMILES string of the molecule is CCOC(=O)CCC(=O)NCC#CCOc1cccc2c1OC(C)(C)C2. The van der Waals surface area contributed by atoms with Crippen LogP contribution >= 0.6 is 0 Å². The highest BCUT2D eigenvalue weighted by atomic mass is 16.5. The maximum absolute atomic E-state index is 11.6. The highest BCUT2D eigenvalue weighted by molar-refractivity contribution is 5.81. The Labute approximate surface area is 154 Å². The fraction of sp³-hybridized carbons (Fsp3) is 0.500. The van der Waals surface area contributed by atoms with Gasteiger partial charge in [-0.1, -0.05) is 24.0 Å². The lowest BCUT2D eigenvalue weighted by Gasteiger charge is -2.17. The van der Waals surface area contributed by atoms with E-state index in [9.17, 15) is 9.59 Å². The molecule has 0 saturated heterocycles. The van der Waals surface area contributed by atoms with Crippen molar-refractivity contribution < 1.29 is 23.8 Å². The third kappa shape index (κ3) is 5.99. The molecule has 1 aromatic rings. The van der Waals surface area contributed by atoms with Gasteiger partial charge in [-0.05, 0) is 26.8 Å². The zero-order valence-electron chi connectivity index (χ0n) is 15.5. The van der Waals surface area contributed by atoms with E-state index in [0.29, 0.717) is 12.4 Å². The normalized spacial score (nSPS) is 13.7. The molecule has 0 aromatic heterocycles. The molecule has 0 spiro atoms. The molecule has 0 fully saturated rings. The first-order valence-electron chi connectivity index (χ1n) is 8.73. The molecule has 140 valence electrons. The smallest absolute Gasteiger partial charge is 0.306 e. The molecule has 0 bridgehead atoms. The highest BCUT2D eigenvalue weighted by Gasteiger charge is 2.32. The van der Waals surface area contributed by atoms with Crippen molar-refractivity contribution in [2.24, 2.45) is 0 Å². The molecule has 0 radical (unpaired) electrons. The van der Waals surface area contributed by atoms with Gasteiger partial charge in [-0.15, -0.1) is 0 Å². The molecule has 2 rings (SSSR count). The Morgan fingerprint density at radius 2 is 2.08 bits per heavy atom. The van der Waals surface area contributed by atoms with Crippen molar-refractivity contribution in [1.29, 1.82) is 0 Å². The van der Waals surface area contributed by atoms with Crippen molar-refractivity contribution in [3.63, 3.8) is 0 Å². The van der Waals surface area contributed by atoms with E-state index in [4.69, 9.17) is 14.2 Å². The number of hydrogen-bond acceptors (Lipinski definition) is 5. The van der Waals surface area contributed by atoms with Crippen LogP contribution in [0.25, 0.3) is 0 Å². The molecule has 0 saturated carbocycles. The molecular weight excluding hydrogens is 334 g/mol. The Morgan fingerprint density at radius 1 is 1.27 bits per heavy atom. The lowest BCUT2D eigenvalue weighted by Crippen LogP contribution is -2.24. The summed E-state index contributed by atoms with van der Waals surface area (Å²) in [5.41, 5.74) is 0.913. The predicted octanol–water partition coefficient (Wildman–Crippen LogP) is 2.24. The van der Waals surface area contributed by atoms with Crippen LogP contribution in [0.2, 0.25) is 0 Å². The summed E-state index contributed by atoms with van der Waals surface area (Å²) >= 11 is 0. The summed E-state index contributed by atoms with van der Waals surface area (Å²) < 4.78 is 16.4. The van der Waals surface area contributed by atoms with Gasteiger partial charge in [-0.3, -0.25) is 9.59 Å². The summed E-state index contributed by atoms with van der Waals surface area (Å²) in [5.74, 6) is 6.53. The number of amides is 1. The van der Waals surface area contributed by atoms with Crippen LogP contribution < -0.4 is 14.8 Å². The average Bonchev–Trinajstić information content (AvgIpc) is 2.91. The van der Waals surface area contributed by atoms with E-state index in [0.717, 1.165) is 17.7 Å². The van der Waals surface area contributed by atoms with Crippen LogP contribution in [-0.2, 0) is 20.7 Å². The maximum atomic E-state index is 11.6. The average molecular weight is 359 g/mol. The van der Waals surface area contributed by atoms with E-state index in [1.165, 1.54) is 0 Å². The summed E-state index contributed by atoms with van der Waals surface area (Å²) in [7, 11) is 0. The van der Waals surface area contributed by atoms with Crippen LogP contribution in [0.5, 0.6) is 11.5 Å². The van der Waals surface area contributed by atoms with Crippen LogP contribution in [-0.4, -0.2) is 37.2 Å². The lowest BCUT2D eigenvalue weighted by atomic mass is 10.0. The number of carbonyl (C=O) groups excluding carboxylic acids is 2. The minimum atomic E-state index is -0.372. The van der Waals surface area contributed by atoms with Gasteiger partial charge in [0, 0.05) is 18.4 Å². The standard InChI is InChI=1S/C20H25NO5/c1-4-24-18(23)11-10-17(22)21-12-5-6-13-25-16-9-7-8-15-14-20(2,3)26-19(15)16/h7-9H,4,10-14H2,1-3H3,(H,21,22). The Bertz CT molecular complexity index is 715. The molecule has 0 unspecified atom stereocenters. The monoisotopic (exact) mass is 359 g/mol. The number of hydrogen-bond donors (Lipinski definition) is 1. The van der Waals surface area contributed by atoms with Crippen molar-refractivity contribution >= 4 is 11.9 Å². The van der Waals surface area contributed by atoms with E-state index in [1.807, 2.05) is 32.0 Å². The van der Waals surface area contributed by atoms with E-state index < -0.39 is 0 Å².